The molecule has 0 heterocycles. The number of nitrogens with one attached hydrogen (secondary N) is 2. The normalized spacial score (nSPS) is 14.1. The monoisotopic (exact) mass is 607 g/mol. The first-order valence-electron chi connectivity index (χ1n) is 12.8. The second-order valence-electron chi connectivity index (χ2n) is 9.75. The third kappa shape index (κ3) is 8.88. The van der Waals surface area contributed by atoms with Crippen LogP contribution in [0.15, 0.2) is 60.7 Å². The fourth-order valence-electron chi connectivity index (χ4n) is 4.09. The number of carbonyl (C=O) groups is 4. The van der Waals surface area contributed by atoms with Crippen molar-refractivity contribution in [2.24, 2.45) is 5.73 Å². The number of thioether (sulfide) groups is 1. The molecule has 2 aromatic rings. The zero-order valence-electron chi connectivity index (χ0n) is 23.1. The molecule has 41 heavy (non-hydrogen) atoms. The van der Waals surface area contributed by atoms with Crippen LogP contribution in [0, 0.1) is 5.21 Å². The van der Waals surface area contributed by atoms with Crippen molar-refractivity contribution < 1.29 is 34.0 Å². The number of carboxylic acid groups (broad SMARTS) is 2. The largest absolute Gasteiger partial charge is 0.784 e. The van der Waals surface area contributed by atoms with E-state index in [9.17, 15) is 29.0 Å². The van der Waals surface area contributed by atoms with Gasteiger partial charge in [0, 0.05) is 28.2 Å². The van der Waals surface area contributed by atoms with Gasteiger partial charge in [-0.25, -0.2) is 0 Å². The quantitative estimate of drug-likeness (QED) is 0.105. The van der Waals surface area contributed by atoms with Gasteiger partial charge in [0.1, 0.15) is 18.6 Å². The zero-order chi connectivity index (χ0) is 30.8. The van der Waals surface area contributed by atoms with Crippen molar-refractivity contribution >= 4 is 53.3 Å². The smallest absolute Gasteiger partial charge is 0.322 e. The van der Waals surface area contributed by atoms with E-state index in [4.69, 9.17) is 15.9 Å². The maximum absolute atomic E-state index is 14.8. The number of hydroxylamine groups is 2. The van der Waals surface area contributed by atoms with Gasteiger partial charge in [-0.15, -0.1) is 11.8 Å². The van der Waals surface area contributed by atoms with Crippen molar-refractivity contribution in [2.75, 3.05) is 12.3 Å². The predicted octanol–water partition coefficient (Wildman–Crippen LogP) is 1.49. The highest BCUT2D eigenvalue weighted by Crippen LogP contribution is 2.58. The van der Waals surface area contributed by atoms with Crippen LogP contribution in [0.3, 0.4) is 0 Å². The summed E-state index contributed by atoms with van der Waals surface area (Å²) in [5, 5.41) is 35.8. The summed E-state index contributed by atoms with van der Waals surface area (Å²) in [6.45, 7) is 4.09. The van der Waals surface area contributed by atoms with E-state index in [1.54, 1.807) is 81.4 Å². The molecule has 0 saturated carbocycles. The SMILES string of the molecule is CC(SC[C@H](NC(=O)CC[C@H](N)C(=O)O)C(=O)NCC(=O)O)N([O-])C(C)(C)P(=O)(c1ccccc1)c1ccccc1. The summed E-state index contributed by atoms with van der Waals surface area (Å²) in [5.41, 5.74) is 5.44. The molecular formula is C27H36N4O8PS-. The van der Waals surface area contributed by atoms with Crippen molar-refractivity contribution in [3.05, 3.63) is 65.9 Å². The second kappa shape index (κ2) is 15.1. The molecule has 0 aliphatic rings. The highest BCUT2D eigenvalue weighted by atomic mass is 32.2. The average molecular weight is 608 g/mol. The molecule has 2 rings (SSSR count). The summed E-state index contributed by atoms with van der Waals surface area (Å²) in [6, 6.07) is 15.0. The first-order chi connectivity index (χ1) is 19.2. The number of hydrogen-bond donors (Lipinski definition) is 5. The Morgan fingerprint density at radius 3 is 2.00 bits per heavy atom. The summed E-state index contributed by atoms with van der Waals surface area (Å²) in [4.78, 5) is 47.0. The van der Waals surface area contributed by atoms with Gasteiger partial charge in [-0.2, -0.15) is 0 Å². The maximum Gasteiger partial charge on any atom is 0.322 e. The lowest BCUT2D eigenvalue weighted by Gasteiger charge is -2.51. The average Bonchev–Trinajstić information content (AvgIpc) is 2.96. The van der Waals surface area contributed by atoms with Crippen molar-refractivity contribution in [1.82, 2.24) is 15.7 Å². The van der Waals surface area contributed by atoms with E-state index in [-0.39, 0.29) is 18.6 Å². The molecule has 6 N–H and O–H groups in total. The number of nitrogens with zero attached hydrogens (tertiary/aromatic N) is 1. The van der Waals surface area contributed by atoms with Crippen LogP contribution in [-0.4, -0.2) is 74.1 Å². The van der Waals surface area contributed by atoms with Gasteiger partial charge in [0.15, 0.2) is 7.14 Å². The third-order valence-electron chi connectivity index (χ3n) is 6.45. The molecular weight excluding hydrogens is 571 g/mol. The van der Waals surface area contributed by atoms with Crippen molar-refractivity contribution in [3.63, 3.8) is 0 Å². The fourth-order valence-corrected chi connectivity index (χ4v) is 8.47. The van der Waals surface area contributed by atoms with Crippen LogP contribution in [0.5, 0.6) is 0 Å². The Balaban J connectivity index is 2.25. The third-order valence-corrected chi connectivity index (χ3v) is 11.4. The molecule has 1 unspecified atom stereocenters. The molecule has 12 nitrogen and oxygen atoms in total. The molecule has 0 aromatic heterocycles. The Morgan fingerprint density at radius 1 is 1.02 bits per heavy atom. The number of carboxylic acids is 2. The Bertz CT molecular complexity index is 1200. The van der Waals surface area contributed by atoms with Crippen molar-refractivity contribution in [3.8, 4) is 0 Å². The van der Waals surface area contributed by atoms with E-state index in [0.29, 0.717) is 10.6 Å². The number of benzene rings is 2. The van der Waals surface area contributed by atoms with Gasteiger partial charge in [-0.3, -0.25) is 19.2 Å². The number of amides is 2. The van der Waals surface area contributed by atoms with E-state index in [2.05, 4.69) is 10.6 Å². The van der Waals surface area contributed by atoms with Gasteiger partial charge in [0.05, 0.1) is 5.28 Å². The molecule has 224 valence electrons. The molecule has 0 bridgehead atoms. The zero-order valence-corrected chi connectivity index (χ0v) is 24.8. The van der Waals surface area contributed by atoms with E-state index < -0.39 is 60.2 Å². The minimum absolute atomic E-state index is 0.126. The van der Waals surface area contributed by atoms with Crippen LogP contribution >= 0.6 is 18.9 Å². The van der Waals surface area contributed by atoms with E-state index in [1.807, 2.05) is 0 Å². The molecule has 0 spiro atoms. The highest BCUT2D eigenvalue weighted by Gasteiger charge is 2.45. The second-order valence-corrected chi connectivity index (χ2v) is 14.4. The molecule has 0 aliphatic heterocycles. The van der Waals surface area contributed by atoms with Gasteiger partial charge in [-0.1, -0.05) is 60.7 Å². The predicted molar refractivity (Wildman–Crippen MR) is 158 cm³/mol. The molecule has 2 amide bonds. The Labute approximate surface area is 243 Å². The van der Waals surface area contributed by atoms with Crippen LogP contribution in [-0.2, 0) is 23.7 Å². The summed E-state index contributed by atoms with van der Waals surface area (Å²) in [6.07, 6.45) is -0.459. The van der Waals surface area contributed by atoms with E-state index in [1.165, 1.54) is 0 Å². The van der Waals surface area contributed by atoms with Crippen molar-refractivity contribution in [1.29, 1.82) is 0 Å². The lowest BCUT2D eigenvalue weighted by molar-refractivity contribution is -0.139. The van der Waals surface area contributed by atoms with E-state index >= 15 is 0 Å². The molecule has 14 heteroatoms. The van der Waals surface area contributed by atoms with Gasteiger partial charge in [0.25, 0.3) is 0 Å². The van der Waals surface area contributed by atoms with Gasteiger partial charge in [-0.05, 0) is 27.2 Å². The van der Waals surface area contributed by atoms with Crippen LogP contribution < -0.4 is 27.0 Å². The first kappa shape index (κ1) is 34.0. The molecule has 0 saturated heterocycles. The number of carbonyl (C=O) groups excluding carboxylic acids is 2. The standard InChI is InChI=1S/C27H36N4O8PS/c1-18(41-17-22(25(35)29-16-24(33)34)30-23(32)15-14-21(28)26(36)37)31(38)27(2,3)40(39,19-10-6-4-7-11-19)20-12-8-5-9-13-20/h4-13,18,21-22H,14-17,28H2,1-3H3,(H,29,35)(H,30,32)(H,33,34)(H,36,37)/q-1/t18?,21-,22-/m0/s1. The minimum atomic E-state index is -3.55. The summed E-state index contributed by atoms with van der Waals surface area (Å²) in [5.74, 6) is -4.15. The maximum atomic E-state index is 14.8. The fraction of sp³-hybridized carbons (Fsp3) is 0.407. The summed E-state index contributed by atoms with van der Waals surface area (Å²) >= 11 is 1.01. The Morgan fingerprint density at radius 2 is 1.54 bits per heavy atom. The Hall–Kier alpha value is -3.22. The number of rotatable bonds is 16. The van der Waals surface area contributed by atoms with Crippen molar-refractivity contribution in [2.45, 2.75) is 56.4 Å². The van der Waals surface area contributed by atoms with Crippen LogP contribution in [0.4, 0.5) is 0 Å². The summed E-state index contributed by atoms with van der Waals surface area (Å²) < 4.78 is 14.8. The number of hydrogen-bond acceptors (Lipinski definition) is 9. The molecule has 0 radical (unpaired) electrons. The Kier molecular flexibility index (Phi) is 12.5. The topological polar surface area (TPSA) is 202 Å². The lowest BCUT2D eigenvalue weighted by Crippen LogP contribution is -2.51. The number of aliphatic carboxylic acids is 2. The highest BCUT2D eigenvalue weighted by molar-refractivity contribution is 7.99. The van der Waals surface area contributed by atoms with E-state index in [0.717, 1.165) is 16.8 Å². The molecule has 2 aromatic carbocycles. The van der Waals surface area contributed by atoms with Crippen LogP contribution in [0.2, 0.25) is 0 Å². The van der Waals surface area contributed by atoms with Gasteiger partial charge >= 0.3 is 11.9 Å². The van der Waals surface area contributed by atoms with Crippen LogP contribution in [0.25, 0.3) is 0 Å². The molecule has 0 fully saturated rings. The van der Waals surface area contributed by atoms with Crippen LogP contribution in [0.1, 0.15) is 33.6 Å². The molecule has 0 aliphatic carbocycles. The minimum Gasteiger partial charge on any atom is -0.784 e. The number of nitrogens with two attached hydrogens (primary N) is 1. The first-order valence-corrected chi connectivity index (χ1v) is 15.5. The lowest BCUT2D eigenvalue weighted by atomic mass is 10.1. The summed E-state index contributed by atoms with van der Waals surface area (Å²) in [7, 11) is -3.55. The van der Waals surface area contributed by atoms with Gasteiger partial charge < -0.3 is 41.4 Å². The molecule has 3 atom stereocenters. The van der Waals surface area contributed by atoms with Gasteiger partial charge in [0.2, 0.25) is 11.8 Å².